The highest BCUT2D eigenvalue weighted by Crippen LogP contribution is 2.35. The zero-order chi connectivity index (χ0) is 19.7. The van der Waals surface area contributed by atoms with Gasteiger partial charge in [0.2, 0.25) is 0 Å². The number of anilines is 1. The monoisotopic (exact) mass is 368 g/mol. The molecule has 0 bridgehead atoms. The predicted molar refractivity (Wildman–Crippen MR) is 107 cm³/mol. The van der Waals surface area contributed by atoms with Gasteiger partial charge in [-0.05, 0) is 48.4 Å². The molecule has 1 aliphatic carbocycles. The molecule has 5 heteroatoms. The Hall–Kier alpha value is -2.56. The molecule has 144 valence electrons. The number of carbonyl (C=O) groups excluding carboxylic acids is 2. The van der Waals surface area contributed by atoms with Gasteiger partial charge in [-0.2, -0.15) is 0 Å². The van der Waals surface area contributed by atoms with Crippen LogP contribution in [0.1, 0.15) is 63.9 Å². The van der Waals surface area contributed by atoms with Gasteiger partial charge in [-0.25, -0.2) is 4.79 Å². The van der Waals surface area contributed by atoms with E-state index < -0.39 is 0 Å². The molecular weight excluding hydrogens is 340 g/mol. The molecule has 2 aromatic rings. The summed E-state index contributed by atoms with van der Waals surface area (Å²) in [6, 6.07) is 8.33. The third kappa shape index (κ3) is 3.92. The minimum atomic E-state index is -0.379. The first-order chi connectivity index (χ1) is 12.8. The summed E-state index contributed by atoms with van der Waals surface area (Å²) in [6.45, 7) is 6.19. The number of Topliss-reactive ketones (excluding diaryl/α,β-unsaturated/α-hetero) is 1. The molecule has 0 spiro atoms. The molecule has 1 aromatic carbocycles. The summed E-state index contributed by atoms with van der Waals surface area (Å²) in [7, 11) is 4.01. The van der Waals surface area contributed by atoms with E-state index in [9.17, 15) is 9.59 Å². The van der Waals surface area contributed by atoms with Crippen LogP contribution in [-0.2, 0) is 11.2 Å². The molecule has 1 N–H and O–H groups in total. The molecule has 0 saturated heterocycles. The first-order valence-electron chi connectivity index (χ1n) is 9.47. The van der Waals surface area contributed by atoms with Crippen molar-refractivity contribution in [2.75, 3.05) is 25.6 Å². The second kappa shape index (κ2) is 7.59. The number of nitrogens with zero attached hydrogens (tertiary/aromatic N) is 1. The van der Waals surface area contributed by atoms with E-state index in [2.05, 4.69) is 34.1 Å². The van der Waals surface area contributed by atoms with E-state index >= 15 is 0 Å². The van der Waals surface area contributed by atoms with E-state index in [0.29, 0.717) is 29.8 Å². The standard InChI is InChI=1S/C22H28N2O3/c1-13(2)12-27-22(26)21-14(3)20-18(23-21)10-16(11-19(20)25)15-6-8-17(9-7-15)24(4)5/h6-9,13,16,23H,10-12H2,1-5H3/t16-/m0/s1. The second-order valence-corrected chi connectivity index (χ2v) is 7.99. The van der Waals surface area contributed by atoms with E-state index in [1.165, 1.54) is 0 Å². The molecule has 1 aromatic heterocycles. The van der Waals surface area contributed by atoms with Crippen LogP contribution in [0.15, 0.2) is 24.3 Å². The number of hydrogen-bond donors (Lipinski definition) is 1. The third-order valence-corrected chi connectivity index (χ3v) is 5.12. The summed E-state index contributed by atoms with van der Waals surface area (Å²) >= 11 is 0. The van der Waals surface area contributed by atoms with Crippen LogP contribution < -0.4 is 4.90 Å². The van der Waals surface area contributed by atoms with Gasteiger partial charge >= 0.3 is 5.97 Å². The molecule has 1 heterocycles. The Morgan fingerprint density at radius 3 is 2.48 bits per heavy atom. The van der Waals surface area contributed by atoms with Crippen molar-refractivity contribution < 1.29 is 14.3 Å². The minimum absolute atomic E-state index is 0.0922. The number of aromatic amines is 1. The minimum Gasteiger partial charge on any atom is -0.461 e. The van der Waals surface area contributed by atoms with Crippen LogP contribution in [0, 0.1) is 12.8 Å². The van der Waals surface area contributed by atoms with E-state index in [0.717, 1.165) is 23.4 Å². The van der Waals surface area contributed by atoms with E-state index in [1.807, 2.05) is 34.9 Å². The molecule has 0 fully saturated rings. The Bertz CT molecular complexity index is 847. The van der Waals surface area contributed by atoms with E-state index in [4.69, 9.17) is 4.74 Å². The maximum Gasteiger partial charge on any atom is 0.355 e. The van der Waals surface area contributed by atoms with Crippen molar-refractivity contribution in [1.29, 1.82) is 0 Å². The summed E-state index contributed by atoms with van der Waals surface area (Å²) in [6.07, 6.45) is 1.19. The normalized spacial score (nSPS) is 16.4. The number of rotatable bonds is 5. The van der Waals surface area contributed by atoms with Gasteiger partial charge in [0.15, 0.2) is 5.78 Å². The lowest BCUT2D eigenvalue weighted by atomic mass is 9.81. The Morgan fingerprint density at radius 2 is 1.89 bits per heavy atom. The van der Waals surface area contributed by atoms with E-state index in [1.54, 1.807) is 0 Å². The maximum absolute atomic E-state index is 12.8. The lowest BCUT2D eigenvalue weighted by Crippen LogP contribution is -2.18. The van der Waals surface area contributed by atoms with Crippen LogP contribution in [0.5, 0.6) is 0 Å². The maximum atomic E-state index is 12.8. The van der Waals surface area contributed by atoms with Crippen LogP contribution in [0.2, 0.25) is 0 Å². The zero-order valence-electron chi connectivity index (χ0n) is 16.8. The number of hydrogen-bond acceptors (Lipinski definition) is 4. The number of fused-ring (bicyclic) bond motifs is 1. The zero-order valence-corrected chi connectivity index (χ0v) is 16.8. The number of esters is 1. The van der Waals surface area contributed by atoms with Crippen LogP contribution >= 0.6 is 0 Å². The molecule has 1 atom stereocenters. The molecule has 27 heavy (non-hydrogen) atoms. The van der Waals surface area contributed by atoms with Gasteiger partial charge in [0, 0.05) is 37.5 Å². The molecule has 5 nitrogen and oxygen atoms in total. The molecular formula is C22H28N2O3. The highest BCUT2D eigenvalue weighted by molar-refractivity contribution is 6.03. The van der Waals surface area contributed by atoms with Crippen molar-refractivity contribution in [3.8, 4) is 0 Å². The molecule has 1 aliphatic rings. The smallest absolute Gasteiger partial charge is 0.355 e. The summed E-state index contributed by atoms with van der Waals surface area (Å²) < 4.78 is 5.34. The first kappa shape index (κ1) is 19.2. The Morgan fingerprint density at radius 1 is 1.22 bits per heavy atom. The first-order valence-corrected chi connectivity index (χ1v) is 9.47. The van der Waals surface area contributed by atoms with Gasteiger partial charge in [-0.15, -0.1) is 0 Å². The molecule has 0 aliphatic heterocycles. The lowest BCUT2D eigenvalue weighted by molar-refractivity contribution is 0.0451. The number of ketones is 1. The molecule has 0 unspecified atom stereocenters. The van der Waals surface area contributed by atoms with Gasteiger partial charge in [0.1, 0.15) is 5.69 Å². The van der Waals surface area contributed by atoms with Gasteiger partial charge < -0.3 is 14.6 Å². The second-order valence-electron chi connectivity index (χ2n) is 7.99. The largest absolute Gasteiger partial charge is 0.461 e. The number of ether oxygens (including phenoxy) is 1. The lowest BCUT2D eigenvalue weighted by Gasteiger charge is -2.23. The van der Waals surface area contributed by atoms with Crippen molar-refractivity contribution in [1.82, 2.24) is 4.98 Å². The van der Waals surface area contributed by atoms with Crippen LogP contribution in [0.4, 0.5) is 5.69 Å². The van der Waals surface area contributed by atoms with Crippen LogP contribution in [-0.4, -0.2) is 37.4 Å². The van der Waals surface area contributed by atoms with Crippen LogP contribution in [0.25, 0.3) is 0 Å². The number of carbonyl (C=O) groups is 2. The van der Waals surface area contributed by atoms with Gasteiger partial charge in [0.05, 0.1) is 6.61 Å². The summed E-state index contributed by atoms with van der Waals surface area (Å²) in [4.78, 5) is 30.4. The Labute approximate surface area is 160 Å². The van der Waals surface area contributed by atoms with Crippen molar-refractivity contribution in [2.24, 2.45) is 5.92 Å². The van der Waals surface area contributed by atoms with Gasteiger partial charge in [0.25, 0.3) is 0 Å². The van der Waals surface area contributed by atoms with Crippen molar-refractivity contribution >= 4 is 17.4 Å². The number of nitrogens with one attached hydrogen (secondary N) is 1. The van der Waals surface area contributed by atoms with Gasteiger partial charge in [-0.1, -0.05) is 26.0 Å². The SMILES string of the molecule is Cc1c(C(=O)OCC(C)C)[nH]c2c1C(=O)C[C@@H](c1ccc(N(C)C)cc1)C2. The fourth-order valence-electron chi connectivity index (χ4n) is 3.63. The van der Waals surface area contributed by atoms with Crippen molar-refractivity contribution in [2.45, 2.75) is 39.5 Å². The average Bonchev–Trinajstić information content (AvgIpc) is 2.97. The van der Waals surface area contributed by atoms with Crippen LogP contribution in [0.3, 0.4) is 0 Å². The number of benzene rings is 1. The molecule has 3 rings (SSSR count). The summed E-state index contributed by atoms with van der Waals surface area (Å²) in [5.41, 5.74) is 4.93. The molecule has 0 radical (unpaired) electrons. The summed E-state index contributed by atoms with van der Waals surface area (Å²) in [5, 5.41) is 0. The highest BCUT2D eigenvalue weighted by Gasteiger charge is 2.32. The molecule has 0 amide bonds. The third-order valence-electron chi connectivity index (χ3n) is 5.12. The topological polar surface area (TPSA) is 62.4 Å². The average molecular weight is 368 g/mol. The fraction of sp³-hybridized carbons (Fsp3) is 0.455. The van der Waals surface area contributed by atoms with Crippen molar-refractivity contribution in [3.05, 3.63) is 52.3 Å². The summed E-state index contributed by atoms with van der Waals surface area (Å²) in [5.74, 6) is 0.110. The van der Waals surface area contributed by atoms with Gasteiger partial charge in [-0.3, -0.25) is 4.79 Å². The number of aromatic nitrogens is 1. The Kier molecular flexibility index (Phi) is 5.40. The fourth-order valence-corrected chi connectivity index (χ4v) is 3.63. The van der Waals surface area contributed by atoms with Crippen molar-refractivity contribution in [3.63, 3.8) is 0 Å². The predicted octanol–water partition coefficient (Wildman–Crippen LogP) is 4.11. The Balaban J connectivity index is 1.84. The van der Waals surface area contributed by atoms with E-state index in [-0.39, 0.29) is 23.6 Å². The molecule has 0 saturated carbocycles. The quantitative estimate of drug-likeness (QED) is 0.807. The highest BCUT2D eigenvalue weighted by atomic mass is 16.5. The number of H-pyrrole nitrogens is 1.